The second kappa shape index (κ2) is 13.0. The topological polar surface area (TPSA) is 89.8 Å². The SMILES string of the molecule is CCOC(=O)c1cnn(-c2cccc(-c3cccc4c3N(Cc3ccc(C5CCN(C(=O)OC(C)(C)C)CC5)cc3)CC4)n2)c1C. The Morgan fingerprint density at radius 2 is 1.70 bits per heavy atom. The summed E-state index contributed by atoms with van der Waals surface area (Å²) in [4.78, 5) is 34.1. The molecule has 4 heterocycles. The van der Waals surface area contributed by atoms with Crippen molar-refractivity contribution in [3.63, 3.8) is 0 Å². The molecule has 0 unspecified atom stereocenters. The molecule has 46 heavy (non-hydrogen) atoms. The van der Waals surface area contributed by atoms with E-state index in [4.69, 9.17) is 14.5 Å². The van der Waals surface area contributed by atoms with Crippen LogP contribution < -0.4 is 4.90 Å². The van der Waals surface area contributed by atoms with Crippen molar-refractivity contribution < 1.29 is 19.1 Å². The molecule has 4 aromatic rings. The van der Waals surface area contributed by atoms with Crippen molar-refractivity contribution in [3.8, 4) is 17.1 Å². The summed E-state index contributed by atoms with van der Waals surface area (Å²) >= 11 is 0. The van der Waals surface area contributed by atoms with Crippen molar-refractivity contribution in [1.29, 1.82) is 0 Å². The zero-order valence-electron chi connectivity index (χ0n) is 27.5. The fourth-order valence-electron chi connectivity index (χ4n) is 6.48. The average Bonchev–Trinajstić information content (AvgIpc) is 3.64. The van der Waals surface area contributed by atoms with Crippen molar-refractivity contribution in [2.24, 2.45) is 0 Å². The highest BCUT2D eigenvalue weighted by molar-refractivity contribution is 5.90. The van der Waals surface area contributed by atoms with E-state index in [0.29, 0.717) is 29.6 Å². The van der Waals surface area contributed by atoms with Gasteiger partial charge in [0.05, 0.1) is 24.2 Å². The number of hydrogen-bond donors (Lipinski definition) is 0. The first-order chi connectivity index (χ1) is 22.1. The zero-order valence-corrected chi connectivity index (χ0v) is 27.5. The number of fused-ring (bicyclic) bond motifs is 1. The summed E-state index contributed by atoms with van der Waals surface area (Å²) in [6.45, 7) is 12.9. The molecular formula is C37H43N5O4. The molecule has 0 N–H and O–H groups in total. The minimum atomic E-state index is -0.475. The van der Waals surface area contributed by atoms with Gasteiger partial charge in [-0.25, -0.2) is 19.3 Å². The Labute approximate surface area is 271 Å². The van der Waals surface area contributed by atoms with E-state index in [9.17, 15) is 9.59 Å². The predicted octanol–water partition coefficient (Wildman–Crippen LogP) is 7.10. The Morgan fingerprint density at radius 3 is 2.41 bits per heavy atom. The monoisotopic (exact) mass is 621 g/mol. The molecule has 0 bridgehead atoms. The third kappa shape index (κ3) is 6.64. The number of carbonyl (C=O) groups is 2. The molecule has 1 saturated heterocycles. The number of ether oxygens (including phenoxy) is 2. The lowest BCUT2D eigenvalue weighted by atomic mass is 9.89. The normalized spacial score (nSPS) is 15.2. The van der Waals surface area contributed by atoms with E-state index < -0.39 is 5.60 Å². The number of likely N-dealkylation sites (tertiary alicyclic amines) is 1. The average molecular weight is 622 g/mol. The summed E-state index contributed by atoms with van der Waals surface area (Å²) in [7, 11) is 0. The standard InChI is InChI=1S/C37H43N5O4/c1-6-45-35(43)31-23-38-42(25(31)2)33-12-8-11-32(39-33)30-10-7-9-29-19-22-41(34(29)30)24-26-13-15-27(16-14-26)28-17-20-40(21-18-28)36(44)46-37(3,4)5/h7-16,23,28H,6,17-22,24H2,1-5H3. The predicted molar refractivity (Wildman–Crippen MR) is 178 cm³/mol. The highest BCUT2D eigenvalue weighted by Gasteiger charge is 2.28. The highest BCUT2D eigenvalue weighted by Crippen LogP contribution is 2.39. The van der Waals surface area contributed by atoms with Crippen LogP contribution in [0.4, 0.5) is 10.5 Å². The minimum Gasteiger partial charge on any atom is -0.462 e. The van der Waals surface area contributed by atoms with Gasteiger partial charge in [0.15, 0.2) is 5.82 Å². The quantitative estimate of drug-likeness (QED) is 0.204. The summed E-state index contributed by atoms with van der Waals surface area (Å²) < 4.78 is 12.4. The molecule has 1 amide bonds. The van der Waals surface area contributed by atoms with Gasteiger partial charge < -0.3 is 19.3 Å². The Balaban J connectivity index is 1.16. The van der Waals surface area contributed by atoms with Crippen LogP contribution >= 0.6 is 0 Å². The second-order valence-electron chi connectivity index (χ2n) is 13.1. The molecule has 6 rings (SSSR count). The van der Waals surface area contributed by atoms with Crippen LogP contribution in [0.3, 0.4) is 0 Å². The number of aromatic nitrogens is 3. The van der Waals surface area contributed by atoms with Crippen LogP contribution in [0.25, 0.3) is 17.1 Å². The molecule has 0 spiro atoms. The maximum absolute atomic E-state index is 12.5. The molecule has 0 aliphatic carbocycles. The molecule has 2 aliphatic heterocycles. The molecule has 2 aliphatic rings. The molecule has 0 saturated carbocycles. The Bertz CT molecular complexity index is 1710. The second-order valence-corrected chi connectivity index (χ2v) is 13.1. The van der Waals surface area contributed by atoms with Crippen LogP contribution in [-0.4, -0.2) is 63.6 Å². The Hall–Kier alpha value is -4.66. The summed E-state index contributed by atoms with van der Waals surface area (Å²) in [5.41, 5.74) is 7.74. The first-order valence-electron chi connectivity index (χ1n) is 16.2. The van der Waals surface area contributed by atoms with Crippen LogP contribution in [0.5, 0.6) is 0 Å². The van der Waals surface area contributed by atoms with Crippen LogP contribution in [0.15, 0.2) is 66.9 Å². The number of amides is 1. The van der Waals surface area contributed by atoms with E-state index >= 15 is 0 Å². The number of para-hydroxylation sites is 1. The first-order valence-corrected chi connectivity index (χ1v) is 16.2. The van der Waals surface area contributed by atoms with Crippen LogP contribution in [0.2, 0.25) is 0 Å². The maximum atomic E-state index is 12.5. The van der Waals surface area contributed by atoms with E-state index in [1.54, 1.807) is 17.8 Å². The number of pyridine rings is 1. The number of rotatable bonds is 7. The maximum Gasteiger partial charge on any atom is 0.410 e. The number of carbonyl (C=O) groups excluding carboxylic acids is 2. The van der Waals surface area contributed by atoms with E-state index in [0.717, 1.165) is 56.7 Å². The van der Waals surface area contributed by atoms with Gasteiger partial charge in [-0.1, -0.05) is 48.5 Å². The fourth-order valence-corrected chi connectivity index (χ4v) is 6.48. The molecule has 2 aromatic heterocycles. The van der Waals surface area contributed by atoms with Gasteiger partial charge >= 0.3 is 12.1 Å². The van der Waals surface area contributed by atoms with Crippen molar-refractivity contribution in [2.75, 3.05) is 31.1 Å². The van der Waals surface area contributed by atoms with Crippen molar-refractivity contribution in [3.05, 3.63) is 94.8 Å². The number of anilines is 1. The molecular weight excluding hydrogens is 578 g/mol. The van der Waals surface area contributed by atoms with Crippen molar-refractivity contribution in [1.82, 2.24) is 19.7 Å². The number of benzene rings is 2. The Kier molecular flexibility index (Phi) is 8.84. The summed E-state index contributed by atoms with van der Waals surface area (Å²) in [5, 5.41) is 4.45. The molecule has 9 heteroatoms. The summed E-state index contributed by atoms with van der Waals surface area (Å²) in [6.07, 6.45) is 4.19. The number of hydrogen-bond acceptors (Lipinski definition) is 7. The van der Waals surface area contributed by atoms with E-state index in [2.05, 4.69) is 52.5 Å². The smallest absolute Gasteiger partial charge is 0.410 e. The van der Waals surface area contributed by atoms with E-state index in [-0.39, 0.29) is 12.1 Å². The molecule has 0 atom stereocenters. The van der Waals surface area contributed by atoms with Crippen molar-refractivity contribution in [2.45, 2.75) is 71.9 Å². The number of piperidine rings is 1. The number of nitrogens with zero attached hydrogens (tertiary/aromatic N) is 5. The van der Waals surface area contributed by atoms with Gasteiger partial charge in [-0.2, -0.15) is 5.10 Å². The number of esters is 1. The largest absolute Gasteiger partial charge is 0.462 e. The fraction of sp³-hybridized carbons (Fsp3) is 0.405. The van der Waals surface area contributed by atoms with Gasteiger partial charge in [0.25, 0.3) is 0 Å². The molecule has 9 nitrogen and oxygen atoms in total. The van der Waals surface area contributed by atoms with Gasteiger partial charge in [0.2, 0.25) is 0 Å². The van der Waals surface area contributed by atoms with Gasteiger partial charge in [-0.05, 0) is 88.6 Å². The molecule has 0 radical (unpaired) electrons. The summed E-state index contributed by atoms with van der Waals surface area (Å²) in [5.74, 6) is 0.716. The lowest BCUT2D eigenvalue weighted by Gasteiger charge is -2.33. The zero-order chi connectivity index (χ0) is 32.4. The first kappa shape index (κ1) is 31.3. The third-order valence-corrected chi connectivity index (χ3v) is 8.79. The lowest BCUT2D eigenvalue weighted by Crippen LogP contribution is -2.41. The van der Waals surface area contributed by atoms with Crippen LogP contribution in [-0.2, 0) is 22.4 Å². The highest BCUT2D eigenvalue weighted by atomic mass is 16.6. The summed E-state index contributed by atoms with van der Waals surface area (Å²) in [6, 6.07) is 21.4. The van der Waals surface area contributed by atoms with Gasteiger partial charge in [0, 0.05) is 37.4 Å². The molecule has 2 aromatic carbocycles. The lowest BCUT2D eigenvalue weighted by molar-refractivity contribution is 0.0204. The third-order valence-electron chi connectivity index (χ3n) is 8.79. The van der Waals surface area contributed by atoms with Crippen LogP contribution in [0, 0.1) is 6.92 Å². The van der Waals surface area contributed by atoms with E-state index in [1.165, 1.54) is 22.4 Å². The Morgan fingerprint density at radius 1 is 0.957 bits per heavy atom. The van der Waals surface area contributed by atoms with Gasteiger partial charge in [-0.15, -0.1) is 0 Å². The minimum absolute atomic E-state index is 0.215. The van der Waals surface area contributed by atoms with E-state index in [1.807, 2.05) is 50.8 Å². The van der Waals surface area contributed by atoms with Gasteiger partial charge in [-0.3, -0.25) is 0 Å². The van der Waals surface area contributed by atoms with Crippen LogP contribution in [0.1, 0.15) is 79.2 Å². The molecule has 240 valence electrons. The van der Waals surface area contributed by atoms with Crippen molar-refractivity contribution >= 4 is 17.7 Å². The molecule has 1 fully saturated rings. The van der Waals surface area contributed by atoms with Gasteiger partial charge in [0.1, 0.15) is 11.2 Å².